The van der Waals surface area contributed by atoms with E-state index in [0.29, 0.717) is 48.9 Å². The first-order valence-electron chi connectivity index (χ1n) is 9.75. The zero-order valence-corrected chi connectivity index (χ0v) is 17.0. The number of carbonyl (C=O) groups excluding carboxylic acids is 2. The summed E-state index contributed by atoms with van der Waals surface area (Å²) in [6, 6.07) is 15.0. The van der Waals surface area contributed by atoms with Crippen molar-refractivity contribution in [3.05, 3.63) is 54.1 Å². The number of pyridine rings is 1. The number of methoxy groups -OCH3 is 2. The van der Waals surface area contributed by atoms with Crippen LogP contribution in [-0.4, -0.2) is 67.5 Å². The Bertz CT molecular complexity index is 1090. The lowest BCUT2D eigenvalue weighted by Gasteiger charge is -2.32. The molecule has 1 fully saturated rings. The maximum atomic E-state index is 13.4. The van der Waals surface area contributed by atoms with Gasteiger partial charge in [0.05, 0.1) is 31.0 Å². The molecule has 7 heteroatoms. The first-order valence-corrected chi connectivity index (χ1v) is 9.75. The molecule has 2 amide bonds. The van der Waals surface area contributed by atoms with Crippen LogP contribution >= 0.6 is 0 Å². The molecule has 3 aromatic rings. The predicted molar refractivity (Wildman–Crippen MR) is 114 cm³/mol. The average molecular weight is 405 g/mol. The molecule has 0 radical (unpaired) electrons. The van der Waals surface area contributed by atoms with Crippen molar-refractivity contribution in [1.82, 2.24) is 14.8 Å². The Labute approximate surface area is 174 Å². The number of piperazine rings is 1. The number of hydrogen-bond acceptors (Lipinski definition) is 5. The summed E-state index contributed by atoms with van der Waals surface area (Å²) in [6.45, 7) is 2.11. The second-order valence-corrected chi connectivity index (χ2v) is 7.08. The number of carbonyl (C=O) groups is 2. The number of amides is 2. The van der Waals surface area contributed by atoms with Gasteiger partial charge in [0.25, 0.3) is 5.91 Å². The normalized spacial score (nSPS) is 13.9. The van der Waals surface area contributed by atoms with Gasteiger partial charge in [-0.15, -0.1) is 0 Å². The van der Waals surface area contributed by atoms with Gasteiger partial charge in [0, 0.05) is 37.1 Å². The van der Waals surface area contributed by atoms with E-state index in [-0.39, 0.29) is 5.91 Å². The summed E-state index contributed by atoms with van der Waals surface area (Å²) in [4.78, 5) is 32.6. The maximum Gasteiger partial charge on any atom is 0.254 e. The van der Waals surface area contributed by atoms with Crippen LogP contribution in [0.4, 0.5) is 0 Å². The molecule has 1 aromatic heterocycles. The van der Waals surface area contributed by atoms with E-state index < -0.39 is 0 Å². The van der Waals surface area contributed by atoms with E-state index in [1.807, 2.05) is 48.5 Å². The minimum atomic E-state index is -0.0547. The lowest BCUT2D eigenvalue weighted by Crippen LogP contribution is -2.48. The van der Waals surface area contributed by atoms with Crippen molar-refractivity contribution in [2.45, 2.75) is 0 Å². The van der Waals surface area contributed by atoms with Crippen molar-refractivity contribution in [3.63, 3.8) is 0 Å². The van der Waals surface area contributed by atoms with E-state index >= 15 is 0 Å². The molecule has 1 saturated heterocycles. The molecule has 4 rings (SSSR count). The van der Waals surface area contributed by atoms with Crippen LogP contribution in [0, 0.1) is 0 Å². The highest BCUT2D eigenvalue weighted by atomic mass is 16.5. The topological polar surface area (TPSA) is 72.0 Å². The van der Waals surface area contributed by atoms with Crippen molar-refractivity contribution in [2.24, 2.45) is 0 Å². The molecule has 0 atom stereocenters. The quantitative estimate of drug-likeness (QED) is 0.611. The van der Waals surface area contributed by atoms with Gasteiger partial charge in [0.1, 0.15) is 0 Å². The fraction of sp³-hybridized carbons (Fsp3) is 0.261. The van der Waals surface area contributed by atoms with Gasteiger partial charge in [-0.2, -0.15) is 0 Å². The van der Waals surface area contributed by atoms with Gasteiger partial charge >= 0.3 is 0 Å². The summed E-state index contributed by atoms with van der Waals surface area (Å²) < 4.78 is 10.7. The number of aromatic nitrogens is 1. The van der Waals surface area contributed by atoms with Gasteiger partial charge in [-0.3, -0.25) is 9.59 Å². The summed E-state index contributed by atoms with van der Waals surface area (Å²) in [5, 5.41) is 0.810. The predicted octanol–water partition coefficient (Wildman–Crippen LogP) is 2.83. The monoisotopic (exact) mass is 405 g/mol. The lowest BCUT2D eigenvalue weighted by atomic mass is 10.0. The largest absolute Gasteiger partial charge is 0.493 e. The number of para-hydroxylation sites is 1. The Balaban J connectivity index is 1.77. The third-order valence-corrected chi connectivity index (χ3v) is 5.38. The van der Waals surface area contributed by atoms with Crippen LogP contribution in [0.15, 0.2) is 48.5 Å². The Morgan fingerprint density at radius 3 is 2.40 bits per heavy atom. The number of hydrogen-bond donors (Lipinski definition) is 0. The summed E-state index contributed by atoms with van der Waals surface area (Å²) >= 11 is 0. The molecule has 1 aliphatic heterocycles. The van der Waals surface area contributed by atoms with E-state index in [1.165, 1.54) is 0 Å². The molecule has 0 aliphatic carbocycles. The zero-order valence-electron chi connectivity index (χ0n) is 17.0. The summed E-state index contributed by atoms with van der Waals surface area (Å²) in [7, 11) is 3.18. The Morgan fingerprint density at radius 2 is 1.70 bits per heavy atom. The number of ether oxygens (including phenoxy) is 2. The van der Waals surface area contributed by atoms with Crippen molar-refractivity contribution in [2.75, 3.05) is 40.4 Å². The second kappa shape index (κ2) is 8.41. The summed E-state index contributed by atoms with van der Waals surface area (Å²) in [5.74, 6) is 1.18. The van der Waals surface area contributed by atoms with Crippen molar-refractivity contribution >= 4 is 23.2 Å². The molecule has 0 saturated carbocycles. The van der Waals surface area contributed by atoms with Gasteiger partial charge in [-0.1, -0.05) is 18.2 Å². The highest BCUT2D eigenvalue weighted by molar-refractivity contribution is 6.07. The standard InChI is InChI=1S/C23H23N3O4/c1-29-21-8-7-16(13-22(21)30-2)20-14-18(17-5-3-4-6-19(17)24-20)23(28)26-11-9-25(15-27)10-12-26/h3-8,13-15H,9-12H2,1-2H3. The Kier molecular flexibility index (Phi) is 5.52. The van der Waals surface area contributed by atoms with Crippen LogP contribution in [0.5, 0.6) is 11.5 Å². The molecule has 0 bridgehead atoms. The van der Waals surface area contributed by atoms with Gasteiger partial charge in [-0.05, 0) is 30.3 Å². The highest BCUT2D eigenvalue weighted by Gasteiger charge is 2.24. The van der Waals surface area contributed by atoms with E-state index in [1.54, 1.807) is 24.0 Å². The first-order chi connectivity index (χ1) is 14.6. The maximum absolute atomic E-state index is 13.4. The fourth-order valence-corrected chi connectivity index (χ4v) is 3.70. The van der Waals surface area contributed by atoms with Gasteiger partial charge < -0.3 is 19.3 Å². The Morgan fingerprint density at radius 1 is 0.967 bits per heavy atom. The third-order valence-electron chi connectivity index (χ3n) is 5.38. The number of nitrogens with zero attached hydrogens (tertiary/aromatic N) is 3. The molecule has 2 heterocycles. The Hall–Kier alpha value is -3.61. The minimum absolute atomic E-state index is 0.0547. The van der Waals surface area contributed by atoms with Crippen LogP contribution < -0.4 is 9.47 Å². The highest BCUT2D eigenvalue weighted by Crippen LogP contribution is 2.33. The zero-order chi connectivity index (χ0) is 21.1. The minimum Gasteiger partial charge on any atom is -0.493 e. The molecule has 154 valence electrons. The molecule has 0 N–H and O–H groups in total. The third kappa shape index (κ3) is 3.66. The average Bonchev–Trinajstić information content (AvgIpc) is 2.82. The molecule has 2 aromatic carbocycles. The molecule has 7 nitrogen and oxygen atoms in total. The first kappa shape index (κ1) is 19.7. The number of rotatable bonds is 5. The van der Waals surface area contributed by atoms with Crippen LogP contribution in [0.25, 0.3) is 22.2 Å². The molecular formula is C23H23N3O4. The number of fused-ring (bicyclic) bond motifs is 1. The van der Waals surface area contributed by atoms with Crippen LogP contribution in [0.2, 0.25) is 0 Å². The van der Waals surface area contributed by atoms with Gasteiger partial charge in [0.2, 0.25) is 6.41 Å². The van der Waals surface area contributed by atoms with Crippen LogP contribution in [0.3, 0.4) is 0 Å². The van der Waals surface area contributed by atoms with Crippen molar-refractivity contribution < 1.29 is 19.1 Å². The lowest BCUT2D eigenvalue weighted by molar-refractivity contribution is -0.119. The van der Waals surface area contributed by atoms with Crippen LogP contribution in [0.1, 0.15) is 10.4 Å². The summed E-state index contributed by atoms with van der Waals surface area (Å²) in [6.07, 6.45) is 0.832. The van der Waals surface area contributed by atoms with Crippen molar-refractivity contribution in [3.8, 4) is 22.8 Å². The van der Waals surface area contributed by atoms with E-state index in [2.05, 4.69) is 0 Å². The second-order valence-electron chi connectivity index (χ2n) is 7.08. The molecule has 0 spiro atoms. The van der Waals surface area contributed by atoms with Crippen molar-refractivity contribution in [1.29, 1.82) is 0 Å². The van der Waals surface area contributed by atoms with E-state index in [4.69, 9.17) is 14.5 Å². The van der Waals surface area contributed by atoms with Crippen LogP contribution in [-0.2, 0) is 4.79 Å². The van der Waals surface area contributed by atoms with Gasteiger partial charge in [0.15, 0.2) is 11.5 Å². The molecule has 0 unspecified atom stereocenters. The SMILES string of the molecule is COc1ccc(-c2cc(C(=O)N3CCN(C=O)CC3)c3ccccc3n2)cc1OC. The summed E-state index contributed by atoms with van der Waals surface area (Å²) in [5.41, 5.74) is 2.87. The molecule has 30 heavy (non-hydrogen) atoms. The smallest absolute Gasteiger partial charge is 0.254 e. The van der Waals surface area contributed by atoms with Gasteiger partial charge in [-0.25, -0.2) is 4.98 Å². The number of benzene rings is 2. The van der Waals surface area contributed by atoms with E-state index in [0.717, 1.165) is 22.9 Å². The fourth-order valence-electron chi connectivity index (χ4n) is 3.70. The molecule has 1 aliphatic rings. The van der Waals surface area contributed by atoms with E-state index in [9.17, 15) is 9.59 Å². The molecular weight excluding hydrogens is 382 g/mol.